The summed E-state index contributed by atoms with van der Waals surface area (Å²) in [6, 6.07) is 5.85. The number of aryl methyl sites for hydroxylation is 1. The van der Waals surface area contributed by atoms with Crippen molar-refractivity contribution in [2.45, 2.75) is 32.5 Å². The minimum atomic E-state index is -4.73. The average molecular weight is 355 g/mol. The van der Waals surface area contributed by atoms with Gasteiger partial charge in [-0.2, -0.15) is 0 Å². The van der Waals surface area contributed by atoms with E-state index in [1.807, 2.05) is 6.92 Å². The molecule has 0 saturated carbocycles. The number of benzene rings is 1. The smallest absolute Gasteiger partial charge is 0.406 e. The lowest BCUT2D eigenvalue weighted by Crippen LogP contribution is -2.32. The fraction of sp³-hybridized carbons (Fsp3) is 0.533. The Kier molecular flexibility index (Phi) is 10.4. The molecule has 1 aromatic rings. The second-order valence-corrected chi connectivity index (χ2v) is 4.76. The van der Waals surface area contributed by atoms with E-state index in [4.69, 9.17) is 0 Å². The Balaban J connectivity index is 0.00000484. The van der Waals surface area contributed by atoms with Crippen molar-refractivity contribution in [2.24, 2.45) is 0 Å². The minimum Gasteiger partial charge on any atom is -0.406 e. The maximum atomic E-state index is 12.3. The largest absolute Gasteiger partial charge is 0.573 e. The van der Waals surface area contributed by atoms with Gasteiger partial charge in [-0.1, -0.05) is 25.1 Å². The Hall–Kier alpha value is -1.47. The van der Waals surface area contributed by atoms with Crippen molar-refractivity contribution in [2.75, 3.05) is 19.6 Å². The van der Waals surface area contributed by atoms with E-state index >= 15 is 0 Å². The number of hydrogen-bond donors (Lipinski definition) is 2. The Morgan fingerprint density at radius 3 is 2.52 bits per heavy atom. The van der Waals surface area contributed by atoms with Crippen LogP contribution in [-0.4, -0.2) is 31.9 Å². The van der Waals surface area contributed by atoms with E-state index in [9.17, 15) is 18.0 Å². The number of halogens is 4. The van der Waals surface area contributed by atoms with Crippen LogP contribution in [0.4, 0.5) is 13.2 Å². The van der Waals surface area contributed by atoms with Gasteiger partial charge in [0.05, 0.1) is 0 Å². The molecule has 2 N–H and O–H groups in total. The molecule has 132 valence electrons. The summed E-state index contributed by atoms with van der Waals surface area (Å²) < 4.78 is 40.8. The van der Waals surface area contributed by atoms with E-state index in [0.29, 0.717) is 18.7 Å². The zero-order valence-corrected chi connectivity index (χ0v) is 13.7. The molecule has 1 rings (SSSR count). The molecule has 0 fully saturated rings. The van der Waals surface area contributed by atoms with Crippen LogP contribution in [0.2, 0.25) is 0 Å². The Bertz CT molecular complexity index is 470. The standard InChI is InChI=1S/C15H21F3N2O2.ClH/c1-2-9-19-10-11-20-14(21)8-7-12-5-3-4-6-13(12)22-15(16,17)18;/h3-6,19H,2,7-11H2,1H3,(H,20,21);1H. The van der Waals surface area contributed by atoms with Gasteiger partial charge in [-0.15, -0.1) is 25.6 Å². The van der Waals surface area contributed by atoms with Crippen LogP contribution in [-0.2, 0) is 11.2 Å². The van der Waals surface area contributed by atoms with E-state index in [0.717, 1.165) is 13.0 Å². The van der Waals surface area contributed by atoms with Crippen LogP contribution in [0.5, 0.6) is 5.75 Å². The number of para-hydroxylation sites is 1. The van der Waals surface area contributed by atoms with Gasteiger partial charge in [0.1, 0.15) is 5.75 Å². The SMILES string of the molecule is CCCNCCNC(=O)CCc1ccccc1OC(F)(F)F.Cl. The van der Waals surface area contributed by atoms with Crippen LogP contribution < -0.4 is 15.4 Å². The number of hydrogen-bond acceptors (Lipinski definition) is 3. The molecule has 0 bridgehead atoms. The quantitative estimate of drug-likeness (QED) is 0.670. The highest BCUT2D eigenvalue weighted by atomic mass is 35.5. The summed E-state index contributed by atoms with van der Waals surface area (Å²) in [7, 11) is 0. The minimum absolute atomic E-state index is 0. The molecule has 1 aromatic carbocycles. The van der Waals surface area contributed by atoms with Gasteiger partial charge >= 0.3 is 6.36 Å². The third kappa shape index (κ3) is 10.0. The van der Waals surface area contributed by atoms with Gasteiger partial charge in [0.2, 0.25) is 5.91 Å². The van der Waals surface area contributed by atoms with E-state index in [1.54, 1.807) is 6.07 Å². The highest BCUT2D eigenvalue weighted by molar-refractivity contribution is 5.85. The number of amides is 1. The fourth-order valence-electron chi connectivity index (χ4n) is 1.86. The van der Waals surface area contributed by atoms with Crippen molar-refractivity contribution < 1.29 is 22.7 Å². The summed E-state index contributed by atoms with van der Waals surface area (Å²) in [6.45, 7) is 4.11. The molecule has 23 heavy (non-hydrogen) atoms. The van der Waals surface area contributed by atoms with Crippen molar-refractivity contribution >= 4 is 18.3 Å². The number of carbonyl (C=O) groups is 1. The molecule has 0 unspecified atom stereocenters. The molecule has 0 radical (unpaired) electrons. The molecule has 0 aromatic heterocycles. The molecule has 1 amide bonds. The first kappa shape index (κ1) is 21.5. The van der Waals surface area contributed by atoms with Gasteiger partial charge in [-0.05, 0) is 31.0 Å². The number of ether oxygens (including phenoxy) is 1. The zero-order chi connectivity index (χ0) is 16.4. The normalized spacial score (nSPS) is 10.8. The van der Waals surface area contributed by atoms with Gasteiger partial charge in [-0.3, -0.25) is 4.79 Å². The zero-order valence-electron chi connectivity index (χ0n) is 12.9. The second kappa shape index (κ2) is 11.1. The number of carbonyl (C=O) groups excluding carboxylic acids is 1. The maximum absolute atomic E-state index is 12.3. The summed E-state index contributed by atoms with van der Waals surface area (Å²) in [4.78, 5) is 11.6. The molecule has 0 atom stereocenters. The summed E-state index contributed by atoms with van der Waals surface area (Å²) >= 11 is 0. The Labute approximate surface area is 140 Å². The van der Waals surface area contributed by atoms with E-state index in [1.165, 1.54) is 18.2 Å². The van der Waals surface area contributed by atoms with Crippen molar-refractivity contribution in [1.29, 1.82) is 0 Å². The molecule has 0 heterocycles. The summed E-state index contributed by atoms with van der Waals surface area (Å²) in [5.74, 6) is -0.451. The predicted octanol–water partition coefficient (Wildman–Crippen LogP) is 3.06. The van der Waals surface area contributed by atoms with E-state index in [-0.39, 0.29) is 36.9 Å². The molecule has 4 nitrogen and oxygen atoms in total. The van der Waals surface area contributed by atoms with Crippen LogP contribution in [0.3, 0.4) is 0 Å². The topological polar surface area (TPSA) is 50.4 Å². The lowest BCUT2D eigenvalue weighted by molar-refractivity contribution is -0.274. The van der Waals surface area contributed by atoms with Crippen LogP contribution in [0.15, 0.2) is 24.3 Å². The van der Waals surface area contributed by atoms with Gasteiger partial charge < -0.3 is 15.4 Å². The monoisotopic (exact) mass is 354 g/mol. The van der Waals surface area contributed by atoms with Crippen molar-refractivity contribution in [3.8, 4) is 5.75 Å². The number of rotatable bonds is 9. The molecular weight excluding hydrogens is 333 g/mol. The molecule has 0 aliphatic carbocycles. The fourth-order valence-corrected chi connectivity index (χ4v) is 1.86. The van der Waals surface area contributed by atoms with E-state index in [2.05, 4.69) is 15.4 Å². The molecule has 0 aliphatic heterocycles. The van der Waals surface area contributed by atoms with Crippen LogP contribution >= 0.6 is 12.4 Å². The third-order valence-electron chi connectivity index (χ3n) is 2.87. The van der Waals surface area contributed by atoms with Crippen molar-refractivity contribution in [1.82, 2.24) is 10.6 Å². The number of nitrogens with one attached hydrogen (secondary N) is 2. The molecule has 0 aliphatic rings. The van der Waals surface area contributed by atoms with Crippen molar-refractivity contribution in [3.63, 3.8) is 0 Å². The Morgan fingerprint density at radius 2 is 1.87 bits per heavy atom. The highest BCUT2D eigenvalue weighted by Gasteiger charge is 2.31. The predicted molar refractivity (Wildman–Crippen MR) is 84.9 cm³/mol. The molecule has 8 heteroatoms. The van der Waals surface area contributed by atoms with Crippen molar-refractivity contribution in [3.05, 3.63) is 29.8 Å². The van der Waals surface area contributed by atoms with Gasteiger partial charge in [-0.25, -0.2) is 0 Å². The van der Waals surface area contributed by atoms with Crippen LogP contribution in [0.1, 0.15) is 25.3 Å². The maximum Gasteiger partial charge on any atom is 0.573 e. The van der Waals surface area contributed by atoms with Gasteiger partial charge in [0.15, 0.2) is 0 Å². The lowest BCUT2D eigenvalue weighted by Gasteiger charge is -2.13. The van der Waals surface area contributed by atoms with Crippen LogP contribution in [0, 0.1) is 0 Å². The third-order valence-corrected chi connectivity index (χ3v) is 2.87. The van der Waals surface area contributed by atoms with Crippen LogP contribution in [0.25, 0.3) is 0 Å². The molecular formula is C15H22ClF3N2O2. The highest BCUT2D eigenvalue weighted by Crippen LogP contribution is 2.26. The molecule has 0 saturated heterocycles. The first-order valence-corrected chi connectivity index (χ1v) is 7.23. The lowest BCUT2D eigenvalue weighted by atomic mass is 10.1. The Morgan fingerprint density at radius 1 is 1.17 bits per heavy atom. The van der Waals surface area contributed by atoms with E-state index < -0.39 is 6.36 Å². The van der Waals surface area contributed by atoms with Gasteiger partial charge in [0, 0.05) is 19.5 Å². The first-order chi connectivity index (χ1) is 10.4. The summed E-state index contributed by atoms with van der Waals surface area (Å²) in [5.41, 5.74) is 0.360. The van der Waals surface area contributed by atoms with Gasteiger partial charge in [0.25, 0.3) is 0 Å². The number of alkyl halides is 3. The second-order valence-electron chi connectivity index (χ2n) is 4.76. The first-order valence-electron chi connectivity index (χ1n) is 7.23. The molecule has 0 spiro atoms. The summed E-state index contributed by atoms with van der Waals surface area (Å²) in [5, 5.41) is 5.85. The average Bonchev–Trinajstić information content (AvgIpc) is 2.44. The summed E-state index contributed by atoms with van der Waals surface area (Å²) in [6.07, 6.45) is -3.40.